The summed E-state index contributed by atoms with van der Waals surface area (Å²) in [5.41, 5.74) is 0.832. The molecule has 2 N–H and O–H groups in total. The molecule has 1 amide bonds. The second-order valence-corrected chi connectivity index (χ2v) is 5.30. The molecule has 0 unspecified atom stereocenters. The third kappa shape index (κ3) is 4.85. The molecule has 0 radical (unpaired) electrons. The average molecular weight is 276 g/mol. The number of hydrogen-bond acceptors (Lipinski definition) is 3. The summed E-state index contributed by atoms with van der Waals surface area (Å²) in [5, 5.41) is 5.93. The van der Waals surface area contributed by atoms with Gasteiger partial charge >= 0.3 is 0 Å². The second kappa shape index (κ2) is 7.90. The molecule has 110 valence electrons. The van der Waals surface area contributed by atoms with Gasteiger partial charge in [-0.1, -0.05) is 0 Å². The van der Waals surface area contributed by atoms with Crippen molar-refractivity contribution in [2.45, 2.75) is 44.6 Å². The lowest BCUT2D eigenvalue weighted by Crippen LogP contribution is -2.15. The highest BCUT2D eigenvalue weighted by Gasteiger charge is 2.16. The molecule has 0 bridgehead atoms. The van der Waals surface area contributed by atoms with Crippen molar-refractivity contribution in [2.75, 3.05) is 18.9 Å². The summed E-state index contributed by atoms with van der Waals surface area (Å²) in [5.74, 6) is 0.954. The molecule has 0 spiro atoms. The highest BCUT2D eigenvalue weighted by Crippen LogP contribution is 2.25. The molecule has 1 aromatic rings. The van der Waals surface area contributed by atoms with Crippen LogP contribution in [0.15, 0.2) is 24.3 Å². The number of hydrogen-bond donors (Lipinski definition) is 2. The third-order valence-electron chi connectivity index (χ3n) is 3.57. The van der Waals surface area contributed by atoms with E-state index in [1.54, 1.807) is 0 Å². The first kappa shape index (κ1) is 14.9. The summed E-state index contributed by atoms with van der Waals surface area (Å²) in [4.78, 5) is 11.7. The van der Waals surface area contributed by atoms with Gasteiger partial charge in [-0.2, -0.15) is 0 Å². The van der Waals surface area contributed by atoms with Crippen molar-refractivity contribution in [3.05, 3.63) is 24.3 Å². The molecule has 0 aromatic heterocycles. The van der Waals surface area contributed by atoms with Crippen molar-refractivity contribution in [2.24, 2.45) is 0 Å². The maximum atomic E-state index is 11.7. The van der Waals surface area contributed by atoms with Crippen LogP contribution in [-0.4, -0.2) is 25.6 Å². The molecule has 0 heterocycles. The fraction of sp³-hybridized carbons (Fsp3) is 0.562. The van der Waals surface area contributed by atoms with E-state index in [1.165, 1.54) is 12.8 Å². The topological polar surface area (TPSA) is 50.4 Å². The van der Waals surface area contributed by atoms with Gasteiger partial charge < -0.3 is 15.4 Å². The van der Waals surface area contributed by atoms with Gasteiger partial charge in [-0.3, -0.25) is 4.79 Å². The summed E-state index contributed by atoms with van der Waals surface area (Å²) in [6, 6.07) is 7.67. The van der Waals surface area contributed by atoms with Crippen molar-refractivity contribution in [3.63, 3.8) is 0 Å². The number of benzene rings is 1. The van der Waals surface area contributed by atoms with Crippen LogP contribution in [0.3, 0.4) is 0 Å². The van der Waals surface area contributed by atoms with Gasteiger partial charge in [0, 0.05) is 12.1 Å². The molecule has 0 atom stereocenters. The van der Waals surface area contributed by atoms with Crippen molar-refractivity contribution < 1.29 is 9.53 Å². The molecule has 20 heavy (non-hydrogen) atoms. The van der Waals surface area contributed by atoms with Crippen LogP contribution in [0.2, 0.25) is 0 Å². The number of anilines is 1. The van der Waals surface area contributed by atoms with Crippen LogP contribution < -0.4 is 15.4 Å². The number of rotatable bonds is 7. The lowest BCUT2D eigenvalue weighted by Gasteiger charge is -2.13. The summed E-state index contributed by atoms with van der Waals surface area (Å²) in [7, 11) is 1.89. The van der Waals surface area contributed by atoms with Crippen molar-refractivity contribution in [1.82, 2.24) is 5.32 Å². The van der Waals surface area contributed by atoms with Gasteiger partial charge in [0.05, 0.1) is 6.10 Å². The Morgan fingerprint density at radius 2 is 1.95 bits per heavy atom. The van der Waals surface area contributed by atoms with E-state index in [4.69, 9.17) is 4.74 Å². The van der Waals surface area contributed by atoms with Gasteiger partial charge in [0.15, 0.2) is 0 Å². The van der Waals surface area contributed by atoms with Crippen LogP contribution in [0.4, 0.5) is 5.69 Å². The normalized spacial score (nSPS) is 15.2. The van der Waals surface area contributed by atoms with E-state index < -0.39 is 0 Å². The minimum atomic E-state index is 0.0599. The molecule has 4 heteroatoms. The number of ether oxygens (including phenoxy) is 1. The summed E-state index contributed by atoms with van der Waals surface area (Å²) in [6.07, 6.45) is 6.62. The van der Waals surface area contributed by atoms with Crippen molar-refractivity contribution >= 4 is 11.6 Å². The molecular weight excluding hydrogens is 252 g/mol. The maximum absolute atomic E-state index is 11.7. The van der Waals surface area contributed by atoms with Crippen LogP contribution in [0.5, 0.6) is 5.75 Å². The Labute approximate surface area is 120 Å². The van der Waals surface area contributed by atoms with Gasteiger partial charge in [-0.05, 0) is 70.0 Å². The standard InChI is InChI=1S/C16H24N2O2/c1-17-12-4-7-16(19)18-13-8-10-15(11-9-13)20-14-5-2-3-6-14/h8-11,14,17H,2-7,12H2,1H3,(H,18,19). The zero-order valence-corrected chi connectivity index (χ0v) is 12.2. The Kier molecular flexibility index (Phi) is 5.87. The Hall–Kier alpha value is -1.55. The molecule has 2 rings (SSSR count). The predicted octanol–water partition coefficient (Wildman–Crippen LogP) is 2.95. The van der Waals surface area contributed by atoms with E-state index in [2.05, 4.69) is 10.6 Å². The van der Waals surface area contributed by atoms with E-state index >= 15 is 0 Å². The van der Waals surface area contributed by atoms with Gasteiger partial charge in [0.25, 0.3) is 0 Å². The number of carbonyl (C=O) groups is 1. The SMILES string of the molecule is CNCCCC(=O)Nc1ccc(OC2CCCC2)cc1. The van der Waals surface area contributed by atoms with Gasteiger partial charge in [-0.15, -0.1) is 0 Å². The van der Waals surface area contributed by atoms with Crippen LogP contribution in [0.25, 0.3) is 0 Å². The molecule has 1 aliphatic carbocycles. The summed E-state index contributed by atoms with van der Waals surface area (Å²) in [6.45, 7) is 0.863. The Morgan fingerprint density at radius 1 is 1.25 bits per heavy atom. The molecule has 1 saturated carbocycles. The minimum absolute atomic E-state index is 0.0599. The van der Waals surface area contributed by atoms with Crippen LogP contribution >= 0.6 is 0 Å². The van der Waals surface area contributed by atoms with E-state index in [0.29, 0.717) is 12.5 Å². The highest BCUT2D eigenvalue weighted by atomic mass is 16.5. The molecule has 4 nitrogen and oxygen atoms in total. The first-order valence-corrected chi connectivity index (χ1v) is 7.49. The molecule has 0 saturated heterocycles. The fourth-order valence-electron chi connectivity index (χ4n) is 2.46. The van der Waals surface area contributed by atoms with Crippen LogP contribution in [-0.2, 0) is 4.79 Å². The summed E-state index contributed by atoms with van der Waals surface area (Å²) >= 11 is 0. The largest absolute Gasteiger partial charge is 0.490 e. The van der Waals surface area contributed by atoms with E-state index in [1.807, 2.05) is 31.3 Å². The third-order valence-corrected chi connectivity index (χ3v) is 3.57. The first-order valence-electron chi connectivity index (χ1n) is 7.49. The van der Waals surface area contributed by atoms with E-state index in [9.17, 15) is 4.79 Å². The number of amides is 1. The molecule has 1 fully saturated rings. The smallest absolute Gasteiger partial charge is 0.224 e. The Bertz CT molecular complexity index is 411. The van der Waals surface area contributed by atoms with Gasteiger partial charge in [0.1, 0.15) is 5.75 Å². The lowest BCUT2D eigenvalue weighted by atomic mass is 10.2. The number of carbonyl (C=O) groups excluding carboxylic acids is 1. The van der Waals surface area contributed by atoms with Crippen LogP contribution in [0.1, 0.15) is 38.5 Å². The second-order valence-electron chi connectivity index (χ2n) is 5.30. The van der Waals surface area contributed by atoms with Gasteiger partial charge in [0.2, 0.25) is 5.91 Å². The minimum Gasteiger partial charge on any atom is -0.490 e. The Morgan fingerprint density at radius 3 is 2.60 bits per heavy atom. The van der Waals surface area contributed by atoms with Crippen LogP contribution in [0, 0.1) is 0 Å². The monoisotopic (exact) mass is 276 g/mol. The van der Waals surface area contributed by atoms with E-state index in [0.717, 1.165) is 37.2 Å². The number of nitrogens with one attached hydrogen (secondary N) is 2. The zero-order chi connectivity index (χ0) is 14.2. The highest BCUT2D eigenvalue weighted by molar-refractivity contribution is 5.90. The lowest BCUT2D eigenvalue weighted by molar-refractivity contribution is -0.116. The first-order chi connectivity index (χ1) is 9.78. The molecule has 0 aliphatic heterocycles. The summed E-state index contributed by atoms with van der Waals surface area (Å²) < 4.78 is 5.89. The quantitative estimate of drug-likeness (QED) is 0.753. The fourth-order valence-corrected chi connectivity index (χ4v) is 2.46. The van der Waals surface area contributed by atoms with Crippen molar-refractivity contribution in [1.29, 1.82) is 0 Å². The van der Waals surface area contributed by atoms with E-state index in [-0.39, 0.29) is 5.91 Å². The molecule has 1 aromatic carbocycles. The predicted molar refractivity (Wildman–Crippen MR) is 81.1 cm³/mol. The zero-order valence-electron chi connectivity index (χ0n) is 12.2. The molecule has 1 aliphatic rings. The molecular formula is C16H24N2O2. The average Bonchev–Trinajstić information content (AvgIpc) is 2.94. The maximum Gasteiger partial charge on any atom is 0.224 e. The van der Waals surface area contributed by atoms with Crippen molar-refractivity contribution in [3.8, 4) is 5.75 Å². The Balaban J connectivity index is 1.77. The van der Waals surface area contributed by atoms with Gasteiger partial charge in [-0.25, -0.2) is 0 Å².